The number of halogens is 1. The standard InChI is InChI=1S/C16H17ClN6/c1-12-9-15(16-19-18-11-23(16)20-12)22-7-5-21(6-8-22)14-4-2-3-13(17)10-14/h2-4,9-11H,5-8H2,1H3. The Morgan fingerprint density at radius 2 is 1.83 bits per heavy atom. The molecule has 2 aromatic heterocycles. The van der Waals surface area contributed by atoms with Crippen LogP contribution in [0.15, 0.2) is 36.7 Å². The molecule has 3 heterocycles. The Morgan fingerprint density at radius 3 is 2.61 bits per heavy atom. The average Bonchev–Trinajstić information content (AvgIpc) is 3.02. The molecule has 1 aromatic carbocycles. The first-order valence-corrected chi connectivity index (χ1v) is 8.02. The highest BCUT2D eigenvalue weighted by molar-refractivity contribution is 6.30. The van der Waals surface area contributed by atoms with E-state index in [2.05, 4.69) is 37.2 Å². The number of nitrogens with zero attached hydrogens (tertiary/aromatic N) is 6. The Morgan fingerprint density at radius 1 is 1.04 bits per heavy atom. The van der Waals surface area contributed by atoms with E-state index in [0.717, 1.165) is 48.2 Å². The molecule has 6 nitrogen and oxygen atoms in total. The van der Waals surface area contributed by atoms with E-state index in [1.54, 1.807) is 10.8 Å². The van der Waals surface area contributed by atoms with E-state index in [4.69, 9.17) is 11.6 Å². The topological polar surface area (TPSA) is 49.6 Å². The average molecular weight is 329 g/mol. The lowest BCUT2D eigenvalue weighted by Gasteiger charge is -2.37. The van der Waals surface area contributed by atoms with Gasteiger partial charge >= 0.3 is 0 Å². The number of fused-ring (bicyclic) bond motifs is 1. The van der Waals surface area contributed by atoms with E-state index in [1.165, 1.54) is 5.69 Å². The maximum Gasteiger partial charge on any atom is 0.200 e. The van der Waals surface area contributed by atoms with Crippen LogP contribution in [0.25, 0.3) is 5.65 Å². The highest BCUT2D eigenvalue weighted by atomic mass is 35.5. The van der Waals surface area contributed by atoms with Crippen molar-refractivity contribution in [1.82, 2.24) is 19.8 Å². The third-order valence-corrected chi connectivity index (χ3v) is 4.40. The lowest BCUT2D eigenvalue weighted by molar-refractivity contribution is 0.652. The van der Waals surface area contributed by atoms with Crippen molar-refractivity contribution in [1.29, 1.82) is 0 Å². The number of aromatic nitrogens is 4. The van der Waals surface area contributed by atoms with E-state index in [9.17, 15) is 0 Å². The molecule has 0 bridgehead atoms. The SMILES string of the molecule is Cc1cc(N2CCN(c3cccc(Cl)c3)CC2)c2nncn2n1. The molecule has 0 radical (unpaired) electrons. The van der Waals surface area contributed by atoms with Gasteiger partial charge in [-0.2, -0.15) is 9.61 Å². The van der Waals surface area contributed by atoms with Crippen molar-refractivity contribution in [3.63, 3.8) is 0 Å². The summed E-state index contributed by atoms with van der Waals surface area (Å²) in [4.78, 5) is 4.71. The molecule has 7 heteroatoms. The zero-order chi connectivity index (χ0) is 15.8. The molecule has 1 aliphatic rings. The normalized spacial score (nSPS) is 15.4. The van der Waals surface area contributed by atoms with Gasteiger partial charge in [-0.05, 0) is 31.2 Å². The van der Waals surface area contributed by atoms with Crippen molar-refractivity contribution in [3.8, 4) is 0 Å². The molecule has 0 amide bonds. The molecular formula is C16H17ClN6. The molecule has 118 valence electrons. The Labute approximate surface area is 139 Å². The summed E-state index contributed by atoms with van der Waals surface area (Å²) in [5.41, 5.74) is 4.05. The monoisotopic (exact) mass is 328 g/mol. The van der Waals surface area contributed by atoms with E-state index in [0.29, 0.717) is 0 Å². The Hall–Kier alpha value is -2.34. The Bertz CT molecular complexity index is 837. The molecule has 0 saturated carbocycles. The first kappa shape index (κ1) is 14.3. The van der Waals surface area contributed by atoms with Crippen LogP contribution < -0.4 is 9.80 Å². The van der Waals surface area contributed by atoms with Crippen LogP contribution in [-0.4, -0.2) is 46.0 Å². The highest BCUT2D eigenvalue weighted by Crippen LogP contribution is 2.25. The molecule has 1 fully saturated rings. The summed E-state index contributed by atoms with van der Waals surface area (Å²) in [5.74, 6) is 0. The second-order valence-electron chi connectivity index (χ2n) is 5.72. The number of hydrogen-bond acceptors (Lipinski definition) is 5. The molecule has 4 rings (SSSR count). The van der Waals surface area contributed by atoms with Crippen LogP contribution in [0.5, 0.6) is 0 Å². The number of rotatable bonds is 2. The molecule has 1 aliphatic heterocycles. The van der Waals surface area contributed by atoms with Crippen LogP contribution in [0.3, 0.4) is 0 Å². The van der Waals surface area contributed by atoms with Crippen LogP contribution in [0, 0.1) is 6.92 Å². The predicted octanol–water partition coefficient (Wildman–Crippen LogP) is 2.41. The van der Waals surface area contributed by atoms with Gasteiger partial charge in [-0.25, -0.2) is 0 Å². The van der Waals surface area contributed by atoms with Gasteiger partial charge in [-0.3, -0.25) is 0 Å². The quantitative estimate of drug-likeness (QED) is 0.723. The number of hydrogen-bond donors (Lipinski definition) is 0. The van der Waals surface area contributed by atoms with Crippen LogP contribution in [0.1, 0.15) is 5.69 Å². The summed E-state index contributed by atoms with van der Waals surface area (Å²) in [5, 5.41) is 13.4. The van der Waals surface area contributed by atoms with Crippen molar-refractivity contribution in [2.24, 2.45) is 0 Å². The van der Waals surface area contributed by atoms with Crippen LogP contribution in [0.2, 0.25) is 5.02 Å². The van der Waals surface area contributed by atoms with Crippen LogP contribution in [0.4, 0.5) is 11.4 Å². The lowest BCUT2D eigenvalue weighted by atomic mass is 10.2. The zero-order valence-corrected chi connectivity index (χ0v) is 13.6. The minimum Gasteiger partial charge on any atom is -0.368 e. The second kappa shape index (κ2) is 5.70. The fraction of sp³-hybridized carbons (Fsp3) is 0.312. The summed E-state index contributed by atoms with van der Waals surface area (Å²) in [6.07, 6.45) is 1.65. The largest absolute Gasteiger partial charge is 0.368 e. The lowest BCUT2D eigenvalue weighted by Crippen LogP contribution is -2.46. The maximum absolute atomic E-state index is 6.10. The van der Waals surface area contributed by atoms with Crippen LogP contribution >= 0.6 is 11.6 Å². The summed E-state index contributed by atoms with van der Waals surface area (Å²) in [6, 6.07) is 10.1. The van der Waals surface area contributed by atoms with Gasteiger partial charge in [0.2, 0.25) is 5.65 Å². The van der Waals surface area contributed by atoms with E-state index >= 15 is 0 Å². The third kappa shape index (κ3) is 2.70. The Kier molecular flexibility index (Phi) is 3.53. The first-order valence-electron chi connectivity index (χ1n) is 7.64. The van der Waals surface area contributed by atoms with E-state index < -0.39 is 0 Å². The fourth-order valence-corrected chi connectivity index (χ4v) is 3.23. The van der Waals surface area contributed by atoms with Crippen molar-refractivity contribution < 1.29 is 0 Å². The number of anilines is 2. The van der Waals surface area contributed by atoms with Gasteiger partial charge < -0.3 is 9.80 Å². The maximum atomic E-state index is 6.10. The third-order valence-electron chi connectivity index (χ3n) is 4.16. The number of aryl methyl sites for hydroxylation is 1. The van der Waals surface area contributed by atoms with Gasteiger partial charge in [-0.1, -0.05) is 17.7 Å². The van der Waals surface area contributed by atoms with Crippen molar-refractivity contribution in [2.45, 2.75) is 6.92 Å². The zero-order valence-electron chi connectivity index (χ0n) is 12.9. The molecule has 23 heavy (non-hydrogen) atoms. The summed E-state index contributed by atoms with van der Waals surface area (Å²) in [7, 11) is 0. The van der Waals surface area contributed by atoms with Gasteiger partial charge in [-0.15, -0.1) is 10.2 Å². The Balaban J connectivity index is 1.56. The second-order valence-corrected chi connectivity index (χ2v) is 6.16. The molecular weight excluding hydrogens is 312 g/mol. The predicted molar refractivity (Wildman–Crippen MR) is 91.4 cm³/mol. The fourth-order valence-electron chi connectivity index (χ4n) is 3.04. The molecule has 0 unspecified atom stereocenters. The van der Waals surface area contributed by atoms with Gasteiger partial charge in [0.1, 0.15) is 6.33 Å². The molecule has 0 atom stereocenters. The number of benzene rings is 1. The highest BCUT2D eigenvalue weighted by Gasteiger charge is 2.20. The minimum atomic E-state index is 0.778. The molecule has 1 saturated heterocycles. The van der Waals surface area contributed by atoms with Gasteiger partial charge in [0.05, 0.1) is 11.4 Å². The smallest absolute Gasteiger partial charge is 0.200 e. The summed E-state index contributed by atoms with van der Waals surface area (Å²) in [6.45, 7) is 5.74. The summed E-state index contributed by atoms with van der Waals surface area (Å²) >= 11 is 6.10. The number of piperazine rings is 1. The molecule has 3 aromatic rings. The van der Waals surface area contributed by atoms with Crippen LogP contribution in [-0.2, 0) is 0 Å². The van der Waals surface area contributed by atoms with Crippen molar-refractivity contribution in [3.05, 3.63) is 47.4 Å². The van der Waals surface area contributed by atoms with Gasteiger partial charge in [0, 0.05) is 36.9 Å². The molecule has 0 spiro atoms. The van der Waals surface area contributed by atoms with Crippen molar-refractivity contribution in [2.75, 3.05) is 36.0 Å². The molecule has 0 N–H and O–H groups in total. The molecule has 0 aliphatic carbocycles. The van der Waals surface area contributed by atoms with Crippen molar-refractivity contribution >= 4 is 28.6 Å². The van der Waals surface area contributed by atoms with Gasteiger partial charge in [0.25, 0.3) is 0 Å². The first-order chi connectivity index (χ1) is 11.2. The minimum absolute atomic E-state index is 0.778. The summed E-state index contributed by atoms with van der Waals surface area (Å²) < 4.78 is 1.74. The van der Waals surface area contributed by atoms with Gasteiger partial charge in [0.15, 0.2) is 0 Å². The van der Waals surface area contributed by atoms with E-state index in [1.807, 2.05) is 25.1 Å². The van der Waals surface area contributed by atoms with E-state index in [-0.39, 0.29) is 0 Å².